The molecule has 1 aliphatic heterocycles. The molecule has 1 aromatic heterocycles. The lowest BCUT2D eigenvalue weighted by molar-refractivity contribution is 0.384. The van der Waals surface area contributed by atoms with E-state index in [4.69, 9.17) is 16.6 Å². The maximum absolute atomic E-state index is 13.3. The Morgan fingerprint density at radius 1 is 1.10 bits per heavy atom. The number of sulfonamides is 1. The second-order valence-electron chi connectivity index (χ2n) is 6.49. The first-order chi connectivity index (χ1) is 13.8. The van der Waals surface area contributed by atoms with E-state index < -0.39 is 15.8 Å². The quantitative estimate of drug-likeness (QED) is 0.496. The van der Waals surface area contributed by atoms with Crippen molar-refractivity contribution in [1.29, 1.82) is 0 Å². The van der Waals surface area contributed by atoms with Crippen LogP contribution in [-0.4, -0.2) is 43.9 Å². The standard InChI is InChI=1S/C19H16BrClFN3O2S2/c20-14-3-1-2-13(10-14)17-12-28-19(23-17)24-6-8-25(9-7-24)29(26,27)18-5-4-15(22)11-16(18)21/h1-5,10-12H,6-9H2. The topological polar surface area (TPSA) is 53.5 Å². The Labute approximate surface area is 185 Å². The fraction of sp³-hybridized carbons (Fsp3) is 0.211. The number of hydrogen-bond donors (Lipinski definition) is 0. The molecule has 10 heteroatoms. The first-order valence-corrected chi connectivity index (χ1v) is 12.3. The largest absolute Gasteiger partial charge is 0.345 e. The van der Waals surface area contributed by atoms with E-state index in [2.05, 4.69) is 20.8 Å². The SMILES string of the molecule is O=S(=O)(c1ccc(F)cc1Cl)N1CCN(c2nc(-c3cccc(Br)c3)cs2)CC1. The van der Waals surface area contributed by atoms with Crippen molar-refractivity contribution >= 4 is 54.0 Å². The summed E-state index contributed by atoms with van der Waals surface area (Å²) in [6.45, 7) is 1.65. The van der Waals surface area contributed by atoms with Gasteiger partial charge >= 0.3 is 0 Å². The summed E-state index contributed by atoms with van der Waals surface area (Å²) in [5.41, 5.74) is 1.91. The number of halogens is 3. The van der Waals surface area contributed by atoms with Gasteiger partial charge in [-0.05, 0) is 30.3 Å². The summed E-state index contributed by atoms with van der Waals surface area (Å²) in [6.07, 6.45) is 0. The molecule has 2 aromatic carbocycles. The lowest BCUT2D eigenvalue weighted by Gasteiger charge is -2.33. The van der Waals surface area contributed by atoms with E-state index >= 15 is 0 Å². The zero-order valence-corrected chi connectivity index (χ0v) is 19.0. The lowest BCUT2D eigenvalue weighted by Crippen LogP contribution is -2.48. The molecular formula is C19H16BrClFN3O2S2. The van der Waals surface area contributed by atoms with Gasteiger partial charge in [0.2, 0.25) is 10.0 Å². The van der Waals surface area contributed by atoms with Crippen LogP contribution >= 0.6 is 38.9 Å². The Kier molecular flexibility index (Phi) is 5.94. The first-order valence-electron chi connectivity index (χ1n) is 8.76. The third-order valence-electron chi connectivity index (χ3n) is 4.63. The van der Waals surface area contributed by atoms with E-state index in [1.807, 2.05) is 29.6 Å². The van der Waals surface area contributed by atoms with Crippen LogP contribution in [0.1, 0.15) is 0 Å². The van der Waals surface area contributed by atoms with E-state index in [-0.39, 0.29) is 9.92 Å². The van der Waals surface area contributed by atoms with Gasteiger partial charge in [-0.15, -0.1) is 11.3 Å². The fourth-order valence-corrected chi connectivity index (χ4v) is 6.35. The number of nitrogens with zero attached hydrogens (tertiary/aromatic N) is 3. The molecule has 0 N–H and O–H groups in total. The van der Waals surface area contributed by atoms with E-state index in [1.165, 1.54) is 21.7 Å². The molecule has 1 saturated heterocycles. The van der Waals surface area contributed by atoms with Gasteiger partial charge in [-0.3, -0.25) is 0 Å². The van der Waals surface area contributed by atoms with Crippen LogP contribution in [0.5, 0.6) is 0 Å². The maximum atomic E-state index is 13.3. The molecule has 1 aliphatic rings. The van der Waals surface area contributed by atoms with Gasteiger partial charge in [0.1, 0.15) is 10.7 Å². The Bertz CT molecular complexity index is 1150. The molecule has 0 saturated carbocycles. The normalized spacial score (nSPS) is 15.6. The number of thiazole rings is 1. The number of hydrogen-bond acceptors (Lipinski definition) is 5. The zero-order chi connectivity index (χ0) is 20.6. The summed E-state index contributed by atoms with van der Waals surface area (Å²) in [6, 6.07) is 11.3. The fourth-order valence-electron chi connectivity index (χ4n) is 3.13. The highest BCUT2D eigenvalue weighted by molar-refractivity contribution is 9.10. The van der Waals surface area contributed by atoms with Crippen molar-refractivity contribution in [1.82, 2.24) is 9.29 Å². The minimum Gasteiger partial charge on any atom is -0.345 e. The molecule has 3 aromatic rings. The summed E-state index contributed by atoms with van der Waals surface area (Å²) in [5, 5.41) is 2.75. The van der Waals surface area contributed by atoms with Gasteiger partial charge in [0.05, 0.1) is 10.7 Å². The van der Waals surface area contributed by atoms with E-state index in [1.54, 1.807) is 0 Å². The Morgan fingerprint density at radius 3 is 2.55 bits per heavy atom. The van der Waals surface area contributed by atoms with Gasteiger partial charge in [-0.1, -0.05) is 39.7 Å². The summed E-state index contributed by atoms with van der Waals surface area (Å²) in [7, 11) is -3.77. The van der Waals surface area contributed by atoms with Crippen molar-refractivity contribution in [2.45, 2.75) is 4.90 Å². The van der Waals surface area contributed by atoms with Crippen LogP contribution in [-0.2, 0) is 10.0 Å². The van der Waals surface area contributed by atoms with Crippen LogP contribution in [0.2, 0.25) is 5.02 Å². The van der Waals surface area contributed by atoms with Crippen LogP contribution in [0.25, 0.3) is 11.3 Å². The molecule has 0 aliphatic carbocycles. The molecule has 29 heavy (non-hydrogen) atoms. The molecule has 0 bridgehead atoms. The predicted octanol–water partition coefficient (Wildman–Crippen LogP) is 4.88. The number of anilines is 1. The highest BCUT2D eigenvalue weighted by atomic mass is 79.9. The summed E-state index contributed by atoms with van der Waals surface area (Å²) in [4.78, 5) is 6.71. The molecule has 2 heterocycles. The van der Waals surface area contributed by atoms with Gasteiger partial charge in [0, 0.05) is 41.6 Å². The van der Waals surface area contributed by atoms with Crippen molar-refractivity contribution in [2.75, 3.05) is 31.1 Å². The van der Waals surface area contributed by atoms with Crippen molar-refractivity contribution in [3.05, 3.63) is 63.2 Å². The molecule has 0 atom stereocenters. The summed E-state index contributed by atoms with van der Waals surface area (Å²) in [5.74, 6) is -0.566. The monoisotopic (exact) mass is 515 g/mol. The smallest absolute Gasteiger partial charge is 0.244 e. The third-order valence-corrected chi connectivity index (χ3v) is 8.41. The average Bonchev–Trinajstić information content (AvgIpc) is 3.18. The van der Waals surface area contributed by atoms with Crippen LogP contribution < -0.4 is 4.90 Å². The predicted molar refractivity (Wildman–Crippen MR) is 118 cm³/mol. The average molecular weight is 517 g/mol. The molecular weight excluding hydrogens is 501 g/mol. The van der Waals surface area contributed by atoms with Gasteiger partial charge in [0.25, 0.3) is 0 Å². The van der Waals surface area contributed by atoms with Gasteiger partial charge < -0.3 is 4.90 Å². The molecule has 5 nitrogen and oxygen atoms in total. The highest BCUT2D eigenvalue weighted by Gasteiger charge is 2.31. The van der Waals surface area contributed by atoms with Crippen LogP contribution in [0, 0.1) is 5.82 Å². The first kappa shape index (κ1) is 20.7. The minimum absolute atomic E-state index is 0.0693. The number of rotatable bonds is 4. The molecule has 4 rings (SSSR count). The van der Waals surface area contributed by atoms with Crippen molar-refractivity contribution in [2.24, 2.45) is 0 Å². The van der Waals surface area contributed by atoms with Crippen molar-refractivity contribution < 1.29 is 12.8 Å². The molecule has 0 amide bonds. The number of aromatic nitrogens is 1. The number of piperazine rings is 1. The Morgan fingerprint density at radius 2 is 1.86 bits per heavy atom. The minimum atomic E-state index is -3.77. The Hall–Kier alpha value is -1.52. The van der Waals surface area contributed by atoms with Crippen LogP contribution in [0.4, 0.5) is 9.52 Å². The maximum Gasteiger partial charge on any atom is 0.244 e. The van der Waals surface area contributed by atoms with Gasteiger partial charge in [-0.25, -0.2) is 17.8 Å². The summed E-state index contributed by atoms with van der Waals surface area (Å²) < 4.78 is 41.4. The van der Waals surface area contributed by atoms with Crippen molar-refractivity contribution in [3.63, 3.8) is 0 Å². The zero-order valence-electron chi connectivity index (χ0n) is 15.1. The summed E-state index contributed by atoms with van der Waals surface area (Å²) >= 11 is 11.0. The molecule has 1 fully saturated rings. The third kappa shape index (κ3) is 4.34. The second-order valence-corrected chi connectivity index (χ2v) is 10.6. The molecule has 152 valence electrons. The van der Waals surface area contributed by atoms with E-state index in [0.29, 0.717) is 26.2 Å². The van der Waals surface area contributed by atoms with Crippen molar-refractivity contribution in [3.8, 4) is 11.3 Å². The van der Waals surface area contributed by atoms with E-state index in [0.717, 1.165) is 33.0 Å². The molecule has 0 spiro atoms. The lowest BCUT2D eigenvalue weighted by atomic mass is 10.2. The Balaban J connectivity index is 1.47. The van der Waals surface area contributed by atoms with Crippen LogP contribution in [0.15, 0.2) is 57.2 Å². The van der Waals surface area contributed by atoms with E-state index in [9.17, 15) is 12.8 Å². The van der Waals surface area contributed by atoms with Gasteiger partial charge in [-0.2, -0.15) is 4.31 Å². The number of benzene rings is 2. The van der Waals surface area contributed by atoms with Crippen LogP contribution in [0.3, 0.4) is 0 Å². The van der Waals surface area contributed by atoms with Gasteiger partial charge in [0.15, 0.2) is 5.13 Å². The molecule has 0 radical (unpaired) electrons. The second kappa shape index (κ2) is 8.31. The highest BCUT2D eigenvalue weighted by Crippen LogP contribution is 2.31. The molecule has 0 unspecified atom stereocenters.